The second-order valence-electron chi connectivity index (χ2n) is 8.98. The van der Waals surface area contributed by atoms with Crippen molar-refractivity contribution >= 4 is 23.4 Å². The number of amides is 2. The van der Waals surface area contributed by atoms with Gasteiger partial charge in [0, 0.05) is 31.0 Å². The highest BCUT2D eigenvalue weighted by Gasteiger charge is 2.30. The molecule has 0 radical (unpaired) electrons. The van der Waals surface area contributed by atoms with Gasteiger partial charge in [-0.25, -0.2) is 0 Å². The van der Waals surface area contributed by atoms with Crippen LogP contribution in [0.4, 0.5) is 0 Å². The van der Waals surface area contributed by atoms with Gasteiger partial charge in [0.1, 0.15) is 6.04 Å². The van der Waals surface area contributed by atoms with Crippen LogP contribution in [0.5, 0.6) is 0 Å². The lowest BCUT2D eigenvalue weighted by molar-refractivity contribution is -0.141. The lowest BCUT2D eigenvalue weighted by Crippen LogP contribution is -2.51. The number of nitrogens with one attached hydrogen (secondary N) is 1. The number of rotatable bonds is 11. The Morgan fingerprint density at radius 3 is 2.00 bits per heavy atom. The van der Waals surface area contributed by atoms with Gasteiger partial charge in [0.2, 0.25) is 11.8 Å². The number of carbonyl (C=O) groups is 2. The van der Waals surface area contributed by atoms with Gasteiger partial charge in [-0.2, -0.15) is 0 Å². The predicted molar refractivity (Wildman–Crippen MR) is 139 cm³/mol. The van der Waals surface area contributed by atoms with E-state index in [2.05, 4.69) is 19.2 Å². The van der Waals surface area contributed by atoms with Gasteiger partial charge >= 0.3 is 0 Å². The maximum Gasteiger partial charge on any atom is 0.243 e. The summed E-state index contributed by atoms with van der Waals surface area (Å²) in [7, 11) is 0. The lowest BCUT2D eigenvalue weighted by atomic mass is 10.0. The molecule has 34 heavy (non-hydrogen) atoms. The van der Waals surface area contributed by atoms with Crippen molar-refractivity contribution < 1.29 is 9.59 Å². The molecule has 0 aliphatic heterocycles. The number of halogens is 1. The summed E-state index contributed by atoms with van der Waals surface area (Å²) in [5.74, 6) is 0.152. The van der Waals surface area contributed by atoms with Crippen molar-refractivity contribution in [2.24, 2.45) is 5.92 Å². The standard InChI is InChI=1S/C29H33ClN2O2/c1-22(2)20-31-29(34)27(19-24-11-7-4-8-12-24)32(21-25-13-16-26(30)17-14-25)28(33)18-15-23-9-5-3-6-10-23/h3-14,16-17,22,27H,15,18-21H2,1-2H3,(H,31,34). The van der Waals surface area contributed by atoms with Crippen molar-refractivity contribution in [3.8, 4) is 0 Å². The van der Waals surface area contributed by atoms with E-state index >= 15 is 0 Å². The quantitative estimate of drug-likeness (QED) is 0.386. The Hall–Kier alpha value is -3.11. The second-order valence-corrected chi connectivity index (χ2v) is 9.41. The van der Waals surface area contributed by atoms with Crippen LogP contribution in [-0.4, -0.2) is 29.3 Å². The van der Waals surface area contributed by atoms with Gasteiger partial charge < -0.3 is 10.2 Å². The molecule has 3 aromatic rings. The number of benzene rings is 3. The number of hydrogen-bond donors (Lipinski definition) is 1. The van der Waals surface area contributed by atoms with Crippen molar-refractivity contribution in [3.05, 3.63) is 107 Å². The minimum absolute atomic E-state index is 0.0422. The number of carbonyl (C=O) groups excluding carboxylic acids is 2. The first-order valence-corrected chi connectivity index (χ1v) is 12.2. The van der Waals surface area contributed by atoms with Crippen LogP contribution >= 0.6 is 11.6 Å². The third kappa shape index (κ3) is 8.03. The molecular weight excluding hydrogens is 444 g/mol. The van der Waals surface area contributed by atoms with Gasteiger partial charge in [-0.1, -0.05) is 98.2 Å². The van der Waals surface area contributed by atoms with E-state index in [4.69, 9.17) is 11.6 Å². The van der Waals surface area contributed by atoms with E-state index in [0.717, 1.165) is 16.7 Å². The van der Waals surface area contributed by atoms with Crippen LogP contribution in [0.25, 0.3) is 0 Å². The van der Waals surface area contributed by atoms with Crippen molar-refractivity contribution in [2.45, 2.75) is 45.7 Å². The van der Waals surface area contributed by atoms with Crippen molar-refractivity contribution in [1.29, 1.82) is 0 Å². The molecule has 0 bridgehead atoms. The first-order valence-electron chi connectivity index (χ1n) is 11.8. The summed E-state index contributed by atoms with van der Waals surface area (Å²) in [6, 6.07) is 26.7. The summed E-state index contributed by atoms with van der Waals surface area (Å²) in [6.07, 6.45) is 1.41. The molecule has 0 heterocycles. The highest BCUT2D eigenvalue weighted by molar-refractivity contribution is 6.30. The third-order valence-electron chi connectivity index (χ3n) is 5.69. The van der Waals surface area contributed by atoms with Gasteiger partial charge in [0.15, 0.2) is 0 Å². The molecule has 4 nitrogen and oxygen atoms in total. The molecule has 0 aliphatic rings. The molecule has 0 saturated heterocycles. The highest BCUT2D eigenvalue weighted by atomic mass is 35.5. The van der Waals surface area contributed by atoms with Gasteiger partial charge in [-0.05, 0) is 41.2 Å². The molecule has 1 unspecified atom stereocenters. The SMILES string of the molecule is CC(C)CNC(=O)C(Cc1ccccc1)N(Cc1ccc(Cl)cc1)C(=O)CCc1ccccc1. The van der Waals surface area contributed by atoms with Gasteiger partial charge in [-0.15, -0.1) is 0 Å². The number of aryl methyl sites for hydroxylation is 1. The zero-order valence-corrected chi connectivity index (χ0v) is 20.7. The summed E-state index contributed by atoms with van der Waals surface area (Å²) >= 11 is 6.07. The molecule has 0 fully saturated rings. The topological polar surface area (TPSA) is 49.4 Å². The average Bonchev–Trinajstić information content (AvgIpc) is 2.85. The van der Waals surface area contributed by atoms with Crippen LogP contribution in [0.3, 0.4) is 0 Å². The van der Waals surface area contributed by atoms with Crippen molar-refractivity contribution in [2.75, 3.05) is 6.54 Å². The van der Waals surface area contributed by atoms with Crippen LogP contribution < -0.4 is 5.32 Å². The molecule has 2 amide bonds. The van der Waals surface area contributed by atoms with Crippen LogP contribution in [-0.2, 0) is 29.0 Å². The average molecular weight is 477 g/mol. The molecule has 3 rings (SSSR count). The molecule has 5 heteroatoms. The fourth-order valence-electron chi connectivity index (χ4n) is 3.80. The zero-order valence-electron chi connectivity index (χ0n) is 19.9. The summed E-state index contributed by atoms with van der Waals surface area (Å²) in [5, 5.41) is 3.69. The van der Waals surface area contributed by atoms with E-state index in [-0.39, 0.29) is 11.8 Å². The Morgan fingerprint density at radius 1 is 0.824 bits per heavy atom. The first kappa shape index (κ1) is 25.5. The maximum absolute atomic E-state index is 13.6. The van der Waals surface area contributed by atoms with E-state index in [9.17, 15) is 9.59 Å². The molecule has 0 aromatic heterocycles. The van der Waals surface area contributed by atoms with Crippen molar-refractivity contribution in [1.82, 2.24) is 10.2 Å². The highest BCUT2D eigenvalue weighted by Crippen LogP contribution is 2.18. The Labute approximate surface area is 207 Å². The molecule has 0 aliphatic carbocycles. The zero-order chi connectivity index (χ0) is 24.3. The molecule has 178 valence electrons. The van der Waals surface area contributed by atoms with E-state index in [1.807, 2.05) is 84.9 Å². The maximum atomic E-state index is 13.6. The molecule has 0 spiro atoms. The molecular formula is C29H33ClN2O2. The van der Waals surface area contributed by atoms with E-state index < -0.39 is 6.04 Å². The fraction of sp³-hybridized carbons (Fsp3) is 0.310. The predicted octanol–water partition coefficient (Wildman–Crippen LogP) is 5.68. The first-order chi connectivity index (χ1) is 16.4. The normalized spacial score (nSPS) is 11.8. The number of hydrogen-bond acceptors (Lipinski definition) is 2. The second kappa shape index (κ2) is 13.0. The van der Waals surface area contributed by atoms with Crippen LogP contribution in [0, 0.1) is 5.92 Å². The van der Waals surface area contributed by atoms with Crippen molar-refractivity contribution in [3.63, 3.8) is 0 Å². The van der Waals surface area contributed by atoms with Gasteiger partial charge in [-0.3, -0.25) is 9.59 Å². The smallest absolute Gasteiger partial charge is 0.243 e. The van der Waals surface area contributed by atoms with Gasteiger partial charge in [0.25, 0.3) is 0 Å². The summed E-state index contributed by atoms with van der Waals surface area (Å²) in [4.78, 5) is 28.7. The molecule has 1 N–H and O–H groups in total. The van der Waals surface area contributed by atoms with E-state index in [0.29, 0.717) is 43.3 Å². The van der Waals surface area contributed by atoms with E-state index in [1.54, 1.807) is 4.90 Å². The third-order valence-corrected chi connectivity index (χ3v) is 5.94. The van der Waals surface area contributed by atoms with E-state index in [1.165, 1.54) is 0 Å². The summed E-state index contributed by atoms with van der Waals surface area (Å²) in [5.41, 5.74) is 3.06. The molecule has 0 saturated carbocycles. The minimum Gasteiger partial charge on any atom is -0.354 e. The summed E-state index contributed by atoms with van der Waals surface area (Å²) < 4.78 is 0. The Balaban J connectivity index is 1.88. The Kier molecular flexibility index (Phi) is 9.72. The van der Waals surface area contributed by atoms with Gasteiger partial charge in [0.05, 0.1) is 0 Å². The Bertz CT molecular complexity index is 1040. The van der Waals surface area contributed by atoms with Crippen LogP contribution in [0.2, 0.25) is 5.02 Å². The summed E-state index contributed by atoms with van der Waals surface area (Å²) in [6.45, 7) is 5.03. The molecule has 3 aromatic carbocycles. The largest absolute Gasteiger partial charge is 0.354 e. The lowest BCUT2D eigenvalue weighted by Gasteiger charge is -2.32. The monoisotopic (exact) mass is 476 g/mol. The van der Waals surface area contributed by atoms with Crippen LogP contribution in [0.1, 0.15) is 37.0 Å². The minimum atomic E-state index is -0.611. The number of nitrogens with zero attached hydrogens (tertiary/aromatic N) is 1. The Morgan fingerprint density at radius 2 is 1.41 bits per heavy atom. The molecule has 1 atom stereocenters. The fourth-order valence-corrected chi connectivity index (χ4v) is 3.93. The van der Waals surface area contributed by atoms with Crippen LogP contribution in [0.15, 0.2) is 84.9 Å².